The number of nitrogens with one attached hydrogen (secondary N) is 2. The lowest BCUT2D eigenvalue weighted by Gasteiger charge is -2.26. The van der Waals surface area contributed by atoms with Crippen molar-refractivity contribution < 1.29 is 4.52 Å². The highest BCUT2D eigenvalue weighted by Gasteiger charge is 2.16. The molecule has 0 atom stereocenters. The van der Waals surface area contributed by atoms with Crippen LogP contribution in [0.25, 0.3) is 0 Å². The van der Waals surface area contributed by atoms with Crippen LogP contribution in [0.1, 0.15) is 25.1 Å². The number of hydrazine groups is 1. The molecular weight excluding hydrogens is 274 g/mol. The van der Waals surface area contributed by atoms with Gasteiger partial charge in [0.1, 0.15) is 0 Å². The number of nitrogens with zero attached hydrogens (tertiary/aromatic N) is 6. The number of rotatable bonds is 5. The molecule has 4 N–H and O–H groups in total. The van der Waals surface area contributed by atoms with E-state index in [-0.39, 0.29) is 0 Å². The molecule has 3 rings (SSSR count). The Hall–Kier alpha value is -2.49. The maximum absolute atomic E-state index is 5.42. The van der Waals surface area contributed by atoms with E-state index >= 15 is 0 Å². The van der Waals surface area contributed by atoms with Gasteiger partial charge >= 0.3 is 0 Å². The summed E-state index contributed by atoms with van der Waals surface area (Å²) >= 11 is 0. The summed E-state index contributed by atoms with van der Waals surface area (Å²) in [7, 11) is 0. The molecule has 0 radical (unpaired) electrons. The molecule has 21 heavy (non-hydrogen) atoms. The average molecular weight is 291 g/mol. The first-order valence-electron chi connectivity index (χ1n) is 6.82. The third-order valence-electron chi connectivity index (χ3n) is 3.20. The van der Waals surface area contributed by atoms with Crippen molar-refractivity contribution in [2.24, 2.45) is 5.84 Å². The van der Waals surface area contributed by atoms with Crippen molar-refractivity contribution >= 4 is 17.8 Å². The first kappa shape index (κ1) is 13.5. The highest BCUT2D eigenvalue weighted by atomic mass is 16.5. The minimum atomic E-state index is 0.321. The topological polar surface area (TPSA) is 131 Å². The van der Waals surface area contributed by atoms with Crippen molar-refractivity contribution in [3.8, 4) is 0 Å². The Bertz CT molecular complexity index is 567. The van der Waals surface area contributed by atoms with Crippen molar-refractivity contribution in [2.45, 2.75) is 25.8 Å². The number of anilines is 3. The van der Waals surface area contributed by atoms with Gasteiger partial charge in [-0.05, 0) is 19.3 Å². The predicted octanol–water partition coefficient (Wildman–Crippen LogP) is 0.143. The molecule has 1 fully saturated rings. The van der Waals surface area contributed by atoms with Crippen molar-refractivity contribution in [2.75, 3.05) is 28.7 Å². The molecule has 0 amide bonds. The minimum absolute atomic E-state index is 0.321. The first-order chi connectivity index (χ1) is 10.3. The van der Waals surface area contributed by atoms with E-state index in [9.17, 15) is 0 Å². The van der Waals surface area contributed by atoms with Gasteiger partial charge < -0.3 is 14.7 Å². The zero-order valence-electron chi connectivity index (χ0n) is 11.5. The molecule has 0 unspecified atom stereocenters. The van der Waals surface area contributed by atoms with Crippen molar-refractivity contribution in [3.63, 3.8) is 0 Å². The van der Waals surface area contributed by atoms with Gasteiger partial charge in [-0.3, -0.25) is 5.43 Å². The summed E-state index contributed by atoms with van der Waals surface area (Å²) in [6.07, 6.45) is 4.80. The van der Waals surface area contributed by atoms with Crippen LogP contribution >= 0.6 is 0 Å². The Morgan fingerprint density at radius 2 is 1.95 bits per heavy atom. The molecule has 0 aliphatic carbocycles. The molecular formula is C11H17N9O. The minimum Gasteiger partial charge on any atom is -0.347 e. The fraction of sp³-hybridized carbons (Fsp3) is 0.545. The SMILES string of the molecule is NNc1nc(NCc2ncon2)nc(N2CCCCC2)n1. The van der Waals surface area contributed by atoms with Gasteiger partial charge in [-0.1, -0.05) is 5.16 Å². The van der Waals surface area contributed by atoms with Crippen LogP contribution in [0.4, 0.5) is 17.8 Å². The molecule has 2 aromatic rings. The van der Waals surface area contributed by atoms with Gasteiger partial charge in [-0.25, -0.2) is 5.84 Å². The van der Waals surface area contributed by atoms with E-state index in [4.69, 9.17) is 5.84 Å². The summed E-state index contributed by atoms with van der Waals surface area (Å²) < 4.78 is 4.67. The smallest absolute Gasteiger partial charge is 0.243 e. The van der Waals surface area contributed by atoms with Gasteiger partial charge in [-0.2, -0.15) is 19.9 Å². The largest absolute Gasteiger partial charge is 0.347 e. The first-order valence-corrected chi connectivity index (χ1v) is 6.82. The number of nitrogens with two attached hydrogens (primary N) is 1. The zero-order chi connectivity index (χ0) is 14.5. The Morgan fingerprint density at radius 3 is 2.67 bits per heavy atom. The Morgan fingerprint density at radius 1 is 1.14 bits per heavy atom. The van der Waals surface area contributed by atoms with Crippen LogP contribution in [-0.4, -0.2) is 38.2 Å². The second-order valence-corrected chi connectivity index (χ2v) is 4.68. The van der Waals surface area contributed by atoms with Gasteiger partial charge in [0.25, 0.3) is 0 Å². The van der Waals surface area contributed by atoms with Gasteiger partial charge in [0.05, 0.1) is 6.54 Å². The highest BCUT2D eigenvalue weighted by Crippen LogP contribution is 2.18. The lowest BCUT2D eigenvalue weighted by Crippen LogP contribution is -2.31. The van der Waals surface area contributed by atoms with E-state index in [1.807, 2.05) is 0 Å². The maximum Gasteiger partial charge on any atom is 0.243 e. The van der Waals surface area contributed by atoms with Gasteiger partial charge in [-0.15, -0.1) is 0 Å². The monoisotopic (exact) mass is 291 g/mol. The fourth-order valence-electron chi connectivity index (χ4n) is 2.17. The summed E-state index contributed by atoms with van der Waals surface area (Å²) in [5, 5.41) is 6.75. The molecule has 0 spiro atoms. The molecule has 0 saturated carbocycles. The Labute approximate surface area is 121 Å². The number of hydrogen-bond acceptors (Lipinski definition) is 10. The summed E-state index contributed by atoms with van der Waals surface area (Å²) in [4.78, 5) is 18.9. The van der Waals surface area contributed by atoms with E-state index < -0.39 is 0 Å². The molecule has 1 saturated heterocycles. The van der Waals surface area contributed by atoms with Crippen LogP contribution in [0, 0.1) is 0 Å². The fourth-order valence-corrected chi connectivity index (χ4v) is 2.17. The zero-order valence-corrected chi connectivity index (χ0v) is 11.5. The molecule has 112 valence electrons. The molecule has 0 bridgehead atoms. The van der Waals surface area contributed by atoms with Crippen LogP contribution in [0.2, 0.25) is 0 Å². The predicted molar refractivity (Wildman–Crippen MR) is 75.3 cm³/mol. The molecule has 3 heterocycles. The normalized spacial score (nSPS) is 15.0. The highest BCUT2D eigenvalue weighted by molar-refractivity contribution is 5.43. The molecule has 10 nitrogen and oxygen atoms in total. The summed E-state index contributed by atoms with van der Waals surface area (Å²) in [5.74, 6) is 7.30. The van der Waals surface area contributed by atoms with Crippen LogP contribution in [-0.2, 0) is 6.54 Å². The van der Waals surface area contributed by atoms with Crippen molar-refractivity contribution in [1.82, 2.24) is 25.1 Å². The number of piperidine rings is 1. The van der Waals surface area contributed by atoms with Crippen molar-refractivity contribution in [3.05, 3.63) is 12.2 Å². The quantitative estimate of drug-likeness (QED) is 0.516. The maximum atomic E-state index is 5.42. The number of hydrogen-bond donors (Lipinski definition) is 3. The molecule has 10 heteroatoms. The van der Waals surface area contributed by atoms with E-state index in [1.165, 1.54) is 12.8 Å². The summed E-state index contributed by atoms with van der Waals surface area (Å²) in [6.45, 7) is 2.25. The van der Waals surface area contributed by atoms with E-state index in [0.717, 1.165) is 25.9 Å². The Balaban J connectivity index is 1.75. The average Bonchev–Trinajstić information content (AvgIpc) is 3.07. The second-order valence-electron chi connectivity index (χ2n) is 4.68. The van der Waals surface area contributed by atoms with Crippen LogP contribution < -0.4 is 21.5 Å². The third-order valence-corrected chi connectivity index (χ3v) is 3.20. The molecule has 1 aliphatic rings. The van der Waals surface area contributed by atoms with Gasteiger partial charge in [0.2, 0.25) is 24.2 Å². The summed E-state index contributed by atoms with van der Waals surface area (Å²) in [5.41, 5.74) is 2.46. The Kier molecular flexibility index (Phi) is 4.05. The molecule has 1 aliphatic heterocycles. The molecule has 0 aromatic carbocycles. The second kappa shape index (κ2) is 6.31. The third kappa shape index (κ3) is 3.34. The summed E-state index contributed by atoms with van der Waals surface area (Å²) in [6, 6.07) is 0. The van der Waals surface area contributed by atoms with Gasteiger partial charge in [0, 0.05) is 13.1 Å². The molecule has 2 aromatic heterocycles. The van der Waals surface area contributed by atoms with E-state index in [0.29, 0.717) is 30.2 Å². The van der Waals surface area contributed by atoms with Gasteiger partial charge in [0.15, 0.2) is 5.82 Å². The van der Waals surface area contributed by atoms with E-state index in [2.05, 4.69) is 45.3 Å². The van der Waals surface area contributed by atoms with Crippen LogP contribution in [0.5, 0.6) is 0 Å². The van der Waals surface area contributed by atoms with Crippen LogP contribution in [0.3, 0.4) is 0 Å². The van der Waals surface area contributed by atoms with Crippen LogP contribution in [0.15, 0.2) is 10.9 Å². The van der Waals surface area contributed by atoms with E-state index in [1.54, 1.807) is 0 Å². The number of aromatic nitrogens is 5. The number of nitrogen functional groups attached to an aromatic ring is 1. The lowest BCUT2D eigenvalue weighted by atomic mass is 10.1. The lowest BCUT2D eigenvalue weighted by molar-refractivity contribution is 0.411. The van der Waals surface area contributed by atoms with Crippen molar-refractivity contribution in [1.29, 1.82) is 0 Å². The standard InChI is InChI=1S/C11H17N9O/c12-18-10-15-9(13-6-8-14-7-21-19-8)16-11(17-10)20-4-2-1-3-5-20/h7H,1-6,12H2,(H2,13,15,16,17,18).